The van der Waals surface area contributed by atoms with E-state index < -0.39 is 11.7 Å². The number of aliphatic hydroxyl groups is 2. The third-order valence-corrected chi connectivity index (χ3v) is 2.09. The maximum atomic E-state index is 9.87. The molecule has 0 saturated heterocycles. The Morgan fingerprint density at radius 1 is 1.31 bits per heavy atom. The summed E-state index contributed by atoms with van der Waals surface area (Å²) in [4.78, 5) is 3.98. The van der Waals surface area contributed by atoms with Crippen LogP contribution in [0.2, 0.25) is 0 Å². The van der Waals surface area contributed by atoms with E-state index in [-0.39, 0.29) is 6.10 Å². The van der Waals surface area contributed by atoms with Crippen LogP contribution in [-0.4, -0.2) is 26.9 Å². The van der Waals surface area contributed by atoms with Gasteiger partial charge < -0.3 is 14.9 Å². The molecular formula is C12H19NO3. The number of rotatable bonds is 4. The molecule has 4 nitrogen and oxygen atoms in total. The summed E-state index contributed by atoms with van der Waals surface area (Å²) in [6.07, 6.45) is 2.18. The molecule has 0 saturated carbocycles. The van der Waals surface area contributed by atoms with Crippen LogP contribution in [0.4, 0.5) is 0 Å². The number of nitrogens with zero attached hydrogens (tertiary/aromatic N) is 1. The molecule has 1 unspecified atom stereocenters. The lowest BCUT2D eigenvalue weighted by atomic mass is 9.96. The molecule has 2 N–H and O–H groups in total. The Morgan fingerprint density at radius 2 is 1.94 bits per heavy atom. The number of ether oxygens (including phenoxy) is 1. The van der Waals surface area contributed by atoms with Crippen LogP contribution < -0.4 is 4.74 Å². The fourth-order valence-corrected chi connectivity index (χ4v) is 1.33. The van der Waals surface area contributed by atoms with Gasteiger partial charge in [0.15, 0.2) is 0 Å². The number of hydrogen-bond donors (Lipinski definition) is 2. The molecule has 1 atom stereocenters. The van der Waals surface area contributed by atoms with Crippen molar-refractivity contribution in [1.82, 2.24) is 4.98 Å². The van der Waals surface area contributed by atoms with Gasteiger partial charge in [-0.25, -0.2) is 0 Å². The van der Waals surface area contributed by atoms with E-state index in [1.54, 1.807) is 26.1 Å². The van der Waals surface area contributed by atoms with Gasteiger partial charge in [0.25, 0.3) is 0 Å². The third kappa shape index (κ3) is 3.47. The van der Waals surface area contributed by atoms with Gasteiger partial charge in [0.05, 0.1) is 17.9 Å². The number of hydrogen-bond acceptors (Lipinski definition) is 4. The van der Waals surface area contributed by atoms with Crippen molar-refractivity contribution in [1.29, 1.82) is 0 Å². The fraction of sp³-hybridized carbons (Fsp3) is 0.583. The van der Waals surface area contributed by atoms with Crippen molar-refractivity contribution in [3.05, 3.63) is 24.0 Å². The van der Waals surface area contributed by atoms with Crippen molar-refractivity contribution >= 4 is 0 Å². The minimum absolute atomic E-state index is 0.0522. The first kappa shape index (κ1) is 12.9. The Labute approximate surface area is 95.9 Å². The molecule has 0 bridgehead atoms. The molecule has 0 aliphatic rings. The van der Waals surface area contributed by atoms with Gasteiger partial charge in [0.1, 0.15) is 11.9 Å². The fourth-order valence-electron chi connectivity index (χ4n) is 1.33. The summed E-state index contributed by atoms with van der Waals surface area (Å²) in [6, 6.07) is 1.69. The number of pyridine rings is 1. The first-order chi connectivity index (χ1) is 7.30. The van der Waals surface area contributed by atoms with E-state index in [0.29, 0.717) is 11.3 Å². The zero-order valence-corrected chi connectivity index (χ0v) is 10.1. The highest BCUT2D eigenvalue weighted by Crippen LogP contribution is 2.26. The summed E-state index contributed by atoms with van der Waals surface area (Å²) in [6.45, 7) is 6.93. The van der Waals surface area contributed by atoms with Gasteiger partial charge in [0, 0.05) is 11.8 Å². The average Bonchev–Trinajstić information content (AvgIpc) is 2.14. The lowest BCUT2D eigenvalue weighted by Gasteiger charge is -2.24. The molecular weight excluding hydrogens is 206 g/mol. The first-order valence-corrected chi connectivity index (χ1v) is 5.32. The highest BCUT2D eigenvalue weighted by atomic mass is 16.5. The van der Waals surface area contributed by atoms with Gasteiger partial charge in [-0.15, -0.1) is 0 Å². The molecule has 90 valence electrons. The molecule has 16 heavy (non-hydrogen) atoms. The predicted molar refractivity (Wildman–Crippen MR) is 61.3 cm³/mol. The van der Waals surface area contributed by atoms with Crippen LogP contribution in [0.15, 0.2) is 18.5 Å². The number of aromatic nitrogens is 1. The van der Waals surface area contributed by atoms with Gasteiger partial charge >= 0.3 is 0 Å². The Bertz CT molecular complexity index is 344. The minimum atomic E-state index is -1.20. The smallest absolute Gasteiger partial charge is 0.138 e. The Hall–Kier alpha value is -1.13. The van der Waals surface area contributed by atoms with Crippen LogP contribution in [0.3, 0.4) is 0 Å². The second-order valence-electron chi connectivity index (χ2n) is 4.68. The van der Waals surface area contributed by atoms with E-state index >= 15 is 0 Å². The van der Waals surface area contributed by atoms with Crippen molar-refractivity contribution in [2.45, 2.75) is 45.5 Å². The molecule has 0 spiro atoms. The highest BCUT2D eigenvalue weighted by molar-refractivity contribution is 5.26. The predicted octanol–water partition coefficient (Wildman–Crippen LogP) is 1.67. The van der Waals surface area contributed by atoms with Gasteiger partial charge in [-0.3, -0.25) is 4.98 Å². The molecule has 0 aromatic carbocycles. The molecule has 0 amide bonds. The van der Waals surface area contributed by atoms with Crippen molar-refractivity contribution in [3.8, 4) is 5.75 Å². The summed E-state index contributed by atoms with van der Waals surface area (Å²) >= 11 is 0. The minimum Gasteiger partial charge on any atom is -0.489 e. The van der Waals surface area contributed by atoms with Crippen molar-refractivity contribution < 1.29 is 14.9 Å². The largest absolute Gasteiger partial charge is 0.489 e. The molecule has 1 aromatic rings. The summed E-state index contributed by atoms with van der Waals surface area (Å²) in [5.41, 5.74) is -0.649. The summed E-state index contributed by atoms with van der Waals surface area (Å²) in [5, 5.41) is 19.6. The van der Waals surface area contributed by atoms with Crippen LogP contribution in [0, 0.1) is 0 Å². The molecule has 1 aromatic heterocycles. The zero-order chi connectivity index (χ0) is 12.3. The second kappa shape index (κ2) is 4.80. The van der Waals surface area contributed by atoms with E-state index in [1.165, 1.54) is 6.20 Å². The van der Waals surface area contributed by atoms with E-state index in [9.17, 15) is 10.2 Å². The second-order valence-corrected chi connectivity index (χ2v) is 4.68. The topological polar surface area (TPSA) is 62.6 Å². The lowest BCUT2D eigenvalue weighted by molar-refractivity contribution is -0.0499. The molecule has 0 radical (unpaired) electrons. The summed E-state index contributed by atoms with van der Waals surface area (Å²) < 4.78 is 5.46. The zero-order valence-electron chi connectivity index (χ0n) is 10.1. The van der Waals surface area contributed by atoms with Crippen LogP contribution >= 0.6 is 0 Å². The summed E-state index contributed by atoms with van der Waals surface area (Å²) in [7, 11) is 0. The van der Waals surface area contributed by atoms with E-state index in [1.807, 2.05) is 13.8 Å². The van der Waals surface area contributed by atoms with Gasteiger partial charge in [-0.2, -0.15) is 0 Å². The van der Waals surface area contributed by atoms with Gasteiger partial charge in [0.2, 0.25) is 0 Å². The standard InChI is InChI=1S/C12H19NO3/c1-8(2)16-10-5-9(6-13-7-10)11(14)12(3,4)15/h5-8,11,14-15H,1-4H3. The monoisotopic (exact) mass is 225 g/mol. The Balaban J connectivity index is 2.90. The molecule has 4 heteroatoms. The molecule has 0 aliphatic carbocycles. The van der Waals surface area contributed by atoms with E-state index in [2.05, 4.69) is 4.98 Å². The Morgan fingerprint density at radius 3 is 2.44 bits per heavy atom. The molecule has 0 fully saturated rings. The average molecular weight is 225 g/mol. The van der Waals surface area contributed by atoms with Gasteiger partial charge in [-0.1, -0.05) is 0 Å². The molecule has 0 aliphatic heterocycles. The highest BCUT2D eigenvalue weighted by Gasteiger charge is 2.26. The van der Waals surface area contributed by atoms with E-state index in [4.69, 9.17) is 4.74 Å². The van der Waals surface area contributed by atoms with E-state index in [0.717, 1.165) is 0 Å². The van der Waals surface area contributed by atoms with Crippen molar-refractivity contribution in [3.63, 3.8) is 0 Å². The quantitative estimate of drug-likeness (QED) is 0.818. The van der Waals surface area contributed by atoms with Crippen molar-refractivity contribution in [2.75, 3.05) is 0 Å². The Kier molecular flexibility index (Phi) is 3.88. The first-order valence-electron chi connectivity index (χ1n) is 5.32. The van der Waals surface area contributed by atoms with Crippen LogP contribution in [0.1, 0.15) is 39.4 Å². The van der Waals surface area contributed by atoms with Crippen molar-refractivity contribution in [2.24, 2.45) is 0 Å². The van der Waals surface area contributed by atoms with Gasteiger partial charge in [-0.05, 0) is 33.8 Å². The third-order valence-electron chi connectivity index (χ3n) is 2.09. The molecule has 1 rings (SSSR count). The molecule has 1 heterocycles. The maximum Gasteiger partial charge on any atom is 0.138 e. The maximum absolute atomic E-state index is 9.87. The van der Waals surface area contributed by atoms with Crippen LogP contribution in [0.5, 0.6) is 5.75 Å². The number of aliphatic hydroxyl groups excluding tert-OH is 1. The summed E-state index contributed by atoms with van der Waals surface area (Å²) in [5.74, 6) is 0.593. The SMILES string of the molecule is CC(C)Oc1cncc(C(O)C(C)(C)O)c1. The lowest BCUT2D eigenvalue weighted by Crippen LogP contribution is -2.28. The van der Waals surface area contributed by atoms with Crippen LogP contribution in [0.25, 0.3) is 0 Å². The van der Waals surface area contributed by atoms with Crippen LogP contribution in [-0.2, 0) is 0 Å². The normalized spacial score (nSPS) is 13.9.